The highest BCUT2D eigenvalue weighted by molar-refractivity contribution is 6.31. The summed E-state index contributed by atoms with van der Waals surface area (Å²) in [5.41, 5.74) is 0.616. The highest BCUT2D eigenvalue weighted by Gasteiger charge is 2.05. The molecule has 0 saturated heterocycles. The summed E-state index contributed by atoms with van der Waals surface area (Å²) < 4.78 is 0. The Kier molecular flexibility index (Phi) is 5.22. The Morgan fingerprint density at radius 2 is 2.17 bits per heavy atom. The molecule has 2 N–H and O–H groups in total. The van der Waals surface area contributed by atoms with E-state index in [4.69, 9.17) is 16.7 Å². The van der Waals surface area contributed by atoms with E-state index in [1.807, 2.05) is 0 Å². The van der Waals surface area contributed by atoms with Crippen molar-refractivity contribution < 1.29 is 14.7 Å². The fraction of sp³-hybridized carbons (Fsp3) is 0.231. The number of carboxylic acid groups (broad SMARTS) is 1. The average Bonchev–Trinajstić information content (AvgIpc) is 2.30. The van der Waals surface area contributed by atoms with Crippen molar-refractivity contribution in [2.24, 2.45) is 0 Å². The average molecular weight is 266 g/mol. The molecule has 1 aromatic rings. The lowest BCUT2D eigenvalue weighted by Gasteiger charge is -1.98. The van der Waals surface area contributed by atoms with Crippen molar-refractivity contribution in [1.82, 2.24) is 5.32 Å². The zero-order valence-corrected chi connectivity index (χ0v) is 10.5. The second kappa shape index (κ2) is 6.67. The van der Waals surface area contributed by atoms with Crippen molar-refractivity contribution >= 4 is 23.5 Å². The maximum Gasteiger partial charge on any atom is 0.335 e. The number of benzene rings is 1. The molecule has 0 radical (unpaired) electrons. The first-order chi connectivity index (χ1) is 8.50. The van der Waals surface area contributed by atoms with E-state index in [-0.39, 0.29) is 11.5 Å². The molecule has 1 aromatic carbocycles. The van der Waals surface area contributed by atoms with Crippen LogP contribution in [0.4, 0.5) is 0 Å². The van der Waals surface area contributed by atoms with E-state index in [2.05, 4.69) is 17.2 Å². The van der Waals surface area contributed by atoms with E-state index < -0.39 is 5.97 Å². The predicted molar refractivity (Wildman–Crippen MR) is 68.6 cm³/mol. The monoisotopic (exact) mass is 265 g/mol. The number of carbonyl (C=O) groups excluding carboxylic acids is 1. The molecule has 18 heavy (non-hydrogen) atoms. The summed E-state index contributed by atoms with van der Waals surface area (Å²) in [5.74, 6) is 4.48. The number of halogens is 1. The Morgan fingerprint density at radius 3 is 2.78 bits per heavy atom. The number of nitrogens with one attached hydrogen (secondary N) is 1. The molecule has 0 bridgehead atoms. The van der Waals surface area contributed by atoms with Crippen LogP contribution in [0.1, 0.15) is 29.3 Å². The van der Waals surface area contributed by atoms with E-state index in [1.165, 1.54) is 25.1 Å². The van der Waals surface area contributed by atoms with E-state index in [9.17, 15) is 9.59 Å². The Bertz CT molecular complexity index is 529. The van der Waals surface area contributed by atoms with Gasteiger partial charge in [-0.3, -0.25) is 4.79 Å². The van der Waals surface area contributed by atoms with E-state index >= 15 is 0 Å². The predicted octanol–water partition coefficient (Wildman–Crippen LogP) is 1.92. The molecule has 0 aliphatic carbocycles. The summed E-state index contributed by atoms with van der Waals surface area (Å²) in [6.07, 6.45) is 0.479. The molecule has 0 aliphatic heterocycles. The van der Waals surface area contributed by atoms with Crippen LogP contribution in [0.2, 0.25) is 5.02 Å². The smallest absolute Gasteiger partial charge is 0.335 e. The van der Waals surface area contributed by atoms with Gasteiger partial charge in [-0.2, -0.15) is 0 Å². The number of hydrogen-bond acceptors (Lipinski definition) is 2. The van der Waals surface area contributed by atoms with Crippen LogP contribution in [0.25, 0.3) is 0 Å². The second-order valence-electron chi connectivity index (χ2n) is 3.53. The molecular weight excluding hydrogens is 254 g/mol. The summed E-state index contributed by atoms with van der Waals surface area (Å²) in [6.45, 7) is 1.89. The normalized spacial score (nSPS) is 9.22. The largest absolute Gasteiger partial charge is 0.478 e. The van der Waals surface area contributed by atoms with Gasteiger partial charge in [0.1, 0.15) is 0 Å². The fourth-order valence-electron chi connectivity index (χ4n) is 1.21. The van der Waals surface area contributed by atoms with Gasteiger partial charge in [-0.15, -0.1) is 0 Å². The molecule has 0 aliphatic rings. The fourth-order valence-corrected chi connectivity index (χ4v) is 1.38. The lowest BCUT2D eigenvalue weighted by molar-refractivity contribution is -0.118. The number of hydrogen-bond donors (Lipinski definition) is 2. The van der Waals surface area contributed by atoms with Crippen LogP contribution >= 0.6 is 11.6 Å². The first kappa shape index (κ1) is 14.1. The topological polar surface area (TPSA) is 66.4 Å². The van der Waals surface area contributed by atoms with Crippen molar-refractivity contribution in [3.63, 3.8) is 0 Å². The van der Waals surface area contributed by atoms with Gasteiger partial charge in [0, 0.05) is 25.5 Å². The number of carboxylic acids is 1. The summed E-state index contributed by atoms with van der Waals surface area (Å²) in [7, 11) is 0. The van der Waals surface area contributed by atoms with Crippen LogP contribution in [0.15, 0.2) is 18.2 Å². The molecular formula is C13H12ClNO3. The van der Waals surface area contributed by atoms with Crippen LogP contribution in [0.5, 0.6) is 0 Å². The Balaban J connectivity index is 2.71. The summed E-state index contributed by atoms with van der Waals surface area (Å²) >= 11 is 5.90. The number of carbonyl (C=O) groups is 2. The number of rotatable bonds is 3. The van der Waals surface area contributed by atoms with Crippen molar-refractivity contribution in [3.05, 3.63) is 34.3 Å². The van der Waals surface area contributed by atoms with Gasteiger partial charge >= 0.3 is 5.97 Å². The van der Waals surface area contributed by atoms with Crippen LogP contribution in [-0.2, 0) is 4.79 Å². The third kappa shape index (κ3) is 4.48. The molecule has 0 fully saturated rings. The third-order valence-corrected chi connectivity index (χ3v) is 2.39. The van der Waals surface area contributed by atoms with Gasteiger partial charge in [0.15, 0.2) is 0 Å². The Labute approximate surface area is 110 Å². The Morgan fingerprint density at radius 1 is 1.44 bits per heavy atom. The first-order valence-corrected chi connectivity index (χ1v) is 5.64. The molecule has 0 heterocycles. The van der Waals surface area contributed by atoms with E-state index in [1.54, 1.807) is 0 Å². The molecule has 1 rings (SSSR count). The van der Waals surface area contributed by atoms with Crippen molar-refractivity contribution in [3.8, 4) is 11.8 Å². The molecule has 4 nitrogen and oxygen atoms in total. The lowest BCUT2D eigenvalue weighted by Crippen LogP contribution is -2.20. The van der Waals surface area contributed by atoms with Crippen molar-refractivity contribution in [2.45, 2.75) is 13.3 Å². The summed E-state index contributed by atoms with van der Waals surface area (Å²) in [5, 5.41) is 11.8. The highest BCUT2D eigenvalue weighted by atomic mass is 35.5. The zero-order valence-electron chi connectivity index (χ0n) is 9.79. The van der Waals surface area contributed by atoms with Gasteiger partial charge in [0.25, 0.3) is 0 Å². The molecule has 0 saturated carbocycles. The molecule has 0 unspecified atom stereocenters. The molecule has 0 atom stereocenters. The minimum absolute atomic E-state index is 0.109. The standard InChI is InChI=1S/C13H12ClNO3/c1-9(16)15-7-3-2-4-10-8-11(13(17)18)5-6-12(10)14/h5-6,8H,3,7H2,1H3,(H,15,16)(H,17,18). The van der Waals surface area contributed by atoms with Gasteiger partial charge < -0.3 is 10.4 Å². The molecule has 0 aromatic heterocycles. The van der Waals surface area contributed by atoms with E-state index in [0.717, 1.165) is 0 Å². The molecule has 5 heteroatoms. The SMILES string of the molecule is CC(=O)NCCC#Cc1cc(C(=O)O)ccc1Cl. The molecule has 94 valence electrons. The van der Waals surface area contributed by atoms with Crippen LogP contribution in [-0.4, -0.2) is 23.5 Å². The van der Waals surface area contributed by atoms with Gasteiger partial charge in [-0.1, -0.05) is 23.4 Å². The van der Waals surface area contributed by atoms with Gasteiger partial charge in [-0.25, -0.2) is 4.79 Å². The van der Waals surface area contributed by atoms with Crippen LogP contribution in [0, 0.1) is 11.8 Å². The zero-order chi connectivity index (χ0) is 13.5. The van der Waals surface area contributed by atoms with Crippen molar-refractivity contribution in [2.75, 3.05) is 6.54 Å². The highest BCUT2D eigenvalue weighted by Crippen LogP contribution is 2.16. The summed E-state index contributed by atoms with van der Waals surface area (Å²) in [6, 6.07) is 4.35. The van der Waals surface area contributed by atoms with Crippen LogP contribution < -0.4 is 5.32 Å². The van der Waals surface area contributed by atoms with E-state index in [0.29, 0.717) is 23.6 Å². The van der Waals surface area contributed by atoms with Crippen molar-refractivity contribution in [1.29, 1.82) is 0 Å². The summed E-state index contributed by atoms with van der Waals surface area (Å²) in [4.78, 5) is 21.4. The Hall–Kier alpha value is -1.99. The minimum atomic E-state index is -1.02. The second-order valence-corrected chi connectivity index (χ2v) is 3.94. The maximum absolute atomic E-state index is 10.8. The van der Waals surface area contributed by atoms with Gasteiger partial charge in [0.2, 0.25) is 5.91 Å². The first-order valence-electron chi connectivity index (χ1n) is 5.27. The van der Waals surface area contributed by atoms with Crippen LogP contribution in [0.3, 0.4) is 0 Å². The minimum Gasteiger partial charge on any atom is -0.478 e. The van der Waals surface area contributed by atoms with Gasteiger partial charge in [-0.05, 0) is 18.2 Å². The number of aromatic carboxylic acids is 1. The maximum atomic E-state index is 10.8. The third-order valence-electron chi connectivity index (χ3n) is 2.06. The molecule has 1 amide bonds. The molecule has 0 spiro atoms. The number of amides is 1. The lowest BCUT2D eigenvalue weighted by atomic mass is 10.1. The van der Waals surface area contributed by atoms with Gasteiger partial charge in [0.05, 0.1) is 10.6 Å². The quantitative estimate of drug-likeness (QED) is 0.648.